The Morgan fingerprint density at radius 3 is 2.81 bits per heavy atom. The van der Waals surface area contributed by atoms with Gasteiger partial charge in [-0.2, -0.15) is 9.97 Å². The van der Waals surface area contributed by atoms with E-state index in [-0.39, 0.29) is 63.4 Å². The number of nitrogens with one attached hydrogen (secondary N) is 1. The predicted octanol–water partition coefficient (Wildman–Crippen LogP) is 3.70. The summed E-state index contributed by atoms with van der Waals surface area (Å²) in [4.78, 5) is 18.2. The number of anilines is 1. The molecule has 9 nitrogen and oxygen atoms in total. The molecule has 4 heterocycles. The van der Waals surface area contributed by atoms with Crippen LogP contribution in [0.5, 0.6) is 17.6 Å². The van der Waals surface area contributed by atoms with Crippen LogP contribution in [0.4, 0.5) is 14.6 Å². The third kappa shape index (κ3) is 4.42. The van der Waals surface area contributed by atoms with Crippen molar-refractivity contribution < 1.29 is 23.4 Å². The number of halogens is 2. The van der Waals surface area contributed by atoms with Gasteiger partial charge in [0.15, 0.2) is 5.82 Å². The molecule has 42 heavy (non-hydrogen) atoms. The van der Waals surface area contributed by atoms with Crippen molar-refractivity contribution in [3.63, 3.8) is 0 Å². The van der Waals surface area contributed by atoms with Gasteiger partial charge >= 0.3 is 6.01 Å². The van der Waals surface area contributed by atoms with Crippen LogP contribution in [0.25, 0.3) is 32.9 Å². The van der Waals surface area contributed by atoms with Gasteiger partial charge in [0.05, 0.1) is 18.2 Å². The smallest absolute Gasteiger partial charge is 0.319 e. The Kier molecular flexibility index (Phi) is 6.29. The van der Waals surface area contributed by atoms with Gasteiger partial charge in [0.1, 0.15) is 40.6 Å². The van der Waals surface area contributed by atoms with E-state index < -0.39 is 11.6 Å². The van der Waals surface area contributed by atoms with Crippen molar-refractivity contribution in [2.75, 3.05) is 58.4 Å². The molecule has 7 rings (SSSR count). The Hall–Kier alpha value is -4.27. The van der Waals surface area contributed by atoms with E-state index in [9.17, 15) is 9.50 Å². The number of nitrogens with zero attached hydrogens (tertiary/aromatic N) is 5. The van der Waals surface area contributed by atoms with Crippen molar-refractivity contribution >= 4 is 27.5 Å². The molecule has 1 saturated carbocycles. The van der Waals surface area contributed by atoms with Crippen molar-refractivity contribution in [3.8, 4) is 41.2 Å². The highest BCUT2D eigenvalue weighted by atomic mass is 19.1. The van der Waals surface area contributed by atoms with Crippen molar-refractivity contribution in [2.24, 2.45) is 5.41 Å². The van der Waals surface area contributed by atoms with Crippen molar-refractivity contribution in [2.45, 2.75) is 18.9 Å². The molecule has 1 atom stereocenters. The van der Waals surface area contributed by atoms with Crippen LogP contribution < -0.4 is 19.7 Å². The SMILES string of the molecule is C#Cc1c(F)ccc2cc(O)cc(-c3nc4c5c(nc(OCC6(CN(C)C)CC6)nc5c3F)N3CCNC[C@@H]3CO4)c12. The normalized spacial score (nSPS) is 18.9. The zero-order chi connectivity index (χ0) is 29.2. The van der Waals surface area contributed by atoms with Crippen LogP contribution in [0.15, 0.2) is 24.3 Å². The van der Waals surface area contributed by atoms with Gasteiger partial charge in [-0.1, -0.05) is 12.0 Å². The number of hydrogen-bond donors (Lipinski definition) is 2. The number of aromatic nitrogens is 3. The maximum absolute atomic E-state index is 16.7. The summed E-state index contributed by atoms with van der Waals surface area (Å²) in [6, 6.07) is 5.48. The Balaban J connectivity index is 1.45. The van der Waals surface area contributed by atoms with Gasteiger partial charge in [-0.3, -0.25) is 0 Å². The molecule has 0 radical (unpaired) electrons. The first-order valence-electron chi connectivity index (χ1n) is 14.0. The number of rotatable bonds is 6. The summed E-state index contributed by atoms with van der Waals surface area (Å²) in [6.07, 6.45) is 7.75. The molecule has 2 aromatic heterocycles. The minimum absolute atomic E-state index is 0.0138. The third-order valence-electron chi connectivity index (χ3n) is 8.31. The summed E-state index contributed by atoms with van der Waals surface area (Å²) in [5, 5.41) is 15.0. The Morgan fingerprint density at radius 1 is 1.21 bits per heavy atom. The molecule has 216 valence electrons. The molecule has 2 aromatic carbocycles. The number of piperazine rings is 1. The van der Waals surface area contributed by atoms with Gasteiger partial charge in [0.25, 0.3) is 0 Å². The number of phenolic OH excluding ortho intramolecular Hbond substituents is 1. The van der Waals surface area contributed by atoms with Crippen LogP contribution in [0.1, 0.15) is 18.4 Å². The van der Waals surface area contributed by atoms with Crippen LogP contribution in [0.3, 0.4) is 0 Å². The zero-order valence-electron chi connectivity index (χ0n) is 23.4. The molecule has 2 fully saturated rings. The van der Waals surface area contributed by atoms with Crippen molar-refractivity contribution in [1.29, 1.82) is 0 Å². The highest BCUT2D eigenvalue weighted by Crippen LogP contribution is 2.47. The van der Waals surface area contributed by atoms with E-state index in [4.69, 9.17) is 20.9 Å². The minimum Gasteiger partial charge on any atom is -0.508 e. The van der Waals surface area contributed by atoms with Crippen molar-refractivity contribution in [3.05, 3.63) is 41.5 Å². The van der Waals surface area contributed by atoms with Gasteiger partial charge in [-0.05, 0) is 50.5 Å². The summed E-state index contributed by atoms with van der Waals surface area (Å²) in [7, 11) is 4.05. The van der Waals surface area contributed by atoms with Crippen LogP contribution in [0, 0.1) is 29.4 Å². The molecule has 1 saturated heterocycles. The predicted molar refractivity (Wildman–Crippen MR) is 155 cm³/mol. The van der Waals surface area contributed by atoms with Gasteiger partial charge in [0, 0.05) is 42.5 Å². The van der Waals surface area contributed by atoms with Crippen molar-refractivity contribution in [1.82, 2.24) is 25.2 Å². The lowest BCUT2D eigenvalue weighted by molar-refractivity contribution is 0.183. The lowest BCUT2D eigenvalue weighted by Gasteiger charge is -2.35. The maximum atomic E-state index is 16.7. The fourth-order valence-electron chi connectivity index (χ4n) is 6.19. The third-order valence-corrected chi connectivity index (χ3v) is 8.31. The molecule has 3 aliphatic rings. The van der Waals surface area contributed by atoms with E-state index in [0.29, 0.717) is 36.3 Å². The van der Waals surface area contributed by atoms with Gasteiger partial charge in [0.2, 0.25) is 5.88 Å². The molecule has 0 bridgehead atoms. The molecule has 0 amide bonds. The van der Waals surface area contributed by atoms with E-state index in [0.717, 1.165) is 25.9 Å². The van der Waals surface area contributed by atoms with E-state index >= 15 is 4.39 Å². The number of aromatic hydroxyl groups is 1. The molecule has 0 spiro atoms. The van der Waals surface area contributed by atoms with Gasteiger partial charge < -0.3 is 29.7 Å². The lowest BCUT2D eigenvalue weighted by Crippen LogP contribution is -2.53. The molecule has 2 N–H and O–H groups in total. The minimum atomic E-state index is -0.770. The fraction of sp³-hybridized carbons (Fsp3) is 0.387. The Morgan fingerprint density at radius 2 is 2.05 bits per heavy atom. The number of ether oxygens (including phenoxy) is 2. The Labute approximate surface area is 241 Å². The second-order valence-electron chi connectivity index (χ2n) is 11.7. The second kappa shape index (κ2) is 9.93. The maximum Gasteiger partial charge on any atom is 0.319 e. The van der Waals surface area contributed by atoms with Crippen LogP contribution in [-0.2, 0) is 0 Å². The van der Waals surface area contributed by atoms with Crippen LogP contribution in [0.2, 0.25) is 0 Å². The number of phenols is 1. The molecule has 0 unspecified atom stereocenters. The molecule has 11 heteroatoms. The summed E-state index contributed by atoms with van der Waals surface area (Å²) in [6.45, 7) is 3.57. The fourth-order valence-corrected chi connectivity index (χ4v) is 6.19. The molecule has 2 aliphatic heterocycles. The average Bonchev–Trinajstić information content (AvgIpc) is 3.76. The number of fused-ring (bicyclic) bond motifs is 3. The summed E-state index contributed by atoms with van der Waals surface area (Å²) >= 11 is 0. The number of terminal acetylenes is 1. The molecule has 1 aliphatic carbocycles. The standard InChI is InChI=1S/C31H30F2N6O3/c1-4-20-22(32)6-5-17-11-19(40)12-21(23(17)20)26-25(33)27-24-28(39-10-9-34-13-18(39)14-41-29(24)35-26)37-30(36-27)42-16-31(7-8-31)15-38(2)3/h1,5-6,11-12,18,34,40H,7-10,13-16H2,2-3H3/t18-/m1/s1. The van der Waals surface area contributed by atoms with E-state index in [1.54, 1.807) is 0 Å². The average molecular weight is 573 g/mol. The molecular formula is C31H30F2N6O3. The van der Waals surface area contributed by atoms with E-state index in [1.165, 1.54) is 24.3 Å². The highest BCUT2D eigenvalue weighted by Gasteiger charge is 2.44. The highest BCUT2D eigenvalue weighted by molar-refractivity contribution is 6.04. The first-order valence-corrected chi connectivity index (χ1v) is 14.0. The van der Waals surface area contributed by atoms with Crippen LogP contribution >= 0.6 is 0 Å². The Bertz CT molecular complexity index is 1790. The van der Waals surface area contributed by atoms with Crippen LogP contribution in [-0.4, -0.2) is 84.5 Å². The largest absolute Gasteiger partial charge is 0.508 e. The first-order chi connectivity index (χ1) is 20.3. The van der Waals surface area contributed by atoms with Gasteiger partial charge in [-0.15, -0.1) is 6.42 Å². The quantitative estimate of drug-likeness (QED) is 0.336. The molecular weight excluding hydrogens is 542 g/mol. The number of pyridine rings is 1. The topological polar surface area (TPSA) is 95.9 Å². The summed E-state index contributed by atoms with van der Waals surface area (Å²) in [5.41, 5.74) is -0.102. The monoisotopic (exact) mass is 572 g/mol. The number of hydrogen-bond acceptors (Lipinski definition) is 9. The zero-order valence-corrected chi connectivity index (χ0v) is 23.4. The van der Waals surface area contributed by atoms with Gasteiger partial charge in [-0.25, -0.2) is 13.8 Å². The summed E-state index contributed by atoms with van der Waals surface area (Å²) < 4.78 is 43.9. The molecule has 4 aromatic rings. The van der Waals surface area contributed by atoms with E-state index in [2.05, 4.69) is 31.0 Å². The number of benzene rings is 2. The lowest BCUT2D eigenvalue weighted by atomic mass is 9.95. The summed E-state index contributed by atoms with van der Waals surface area (Å²) in [5.74, 6) is 1.48. The first kappa shape index (κ1) is 26.6. The van der Waals surface area contributed by atoms with E-state index in [1.807, 2.05) is 14.1 Å². The second-order valence-corrected chi connectivity index (χ2v) is 11.7.